The highest BCUT2D eigenvalue weighted by Crippen LogP contribution is 2.28. The predicted octanol–water partition coefficient (Wildman–Crippen LogP) is 3.00. The summed E-state index contributed by atoms with van der Waals surface area (Å²) in [5.41, 5.74) is 1.07. The van der Waals surface area contributed by atoms with E-state index in [1.54, 1.807) is 11.2 Å². The number of furan rings is 1. The molecule has 112 valence electrons. The van der Waals surface area contributed by atoms with Gasteiger partial charge < -0.3 is 14.1 Å². The molecule has 1 saturated heterocycles. The first-order valence-electron chi connectivity index (χ1n) is 7.40. The fourth-order valence-corrected chi connectivity index (χ4v) is 2.92. The quantitative estimate of drug-likeness (QED) is 0.851. The highest BCUT2D eigenvalue weighted by atomic mass is 16.5. The van der Waals surface area contributed by atoms with E-state index in [1.807, 2.05) is 20.0 Å². The minimum Gasteiger partial charge on any atom is -0.469 e. The van der Waals surface area contributed by atoms with Crippen molar-refractivity contribution in [3.63, 3.8) is 0 Å². The lowest BCUT2D eigenvalue weighted by molar-refractivity contribution is -0.147. The number of carbonyl (C=O) groups excluding carboxylic acids is 1. The van der Waals surface area contributed by atoms with E-state index in [1.165, 1.54) is 0 Å². The number of carbonyl (C=O) groups is 1. The van der Waals surface area contributed by atoms with Crippen molar-refractivity contribution >= 4 is 5.91 Å². The van der Waals surface area contributed by atoms with Crippen LogP contribution in [-0.4, -0.2) is 30.6 Å². The van der Waals surface area contributed by atoms with Crippen LogP contribution in [0.2, 0.25) is 0 Å². The Balaban J connectivity index is 2.03. The molecule has 0 bridgehead atoms. The van der Waals surface area contributed by atoms with E-state index >= 15 is 0 Å². The summed E-state index contributed by atoms with van der Waals surface area (Å²) >= 11 is 0. The maximum atomic E-state index is 12.7. The van der Waals surface area contributed by atoms with Crippen LogP contribution >= 0.6 is 0 Å². The first-order chi connectivity index (χ1) is 9.50. The molecule has 2 atom stereocenters. The van der Waals surface area contributed by atoms with Gasteiger partial charge >= 0.3 is 0 Å². The zero-order chi connectivity index (χ0) is 14.7. The molecule has 0 saturated carbocycles. The number of hydrogen-bond donors (Lipinski definition) is 0. The Labute approximate surface area is 121 Å². The molecule has 4 heteroatoms. The van der Waals surface area contributed by atoms with E-state index in [-0.39, 0.29) is 17.9 Å². The van der Waals surface area contributed by atoms with Crippen molar-refractivity contribution in [3.05, 3.63) is 23.7 Å². The van der Waals surface area contributed by atoms with E-state index in [0.29, 0.717) is 12.5 Å². The highest BCUT2D eigenvalue weighted by Gasteiger charge is 2.35. The number of nitrogens with zero attached hydrogens (tertiary/aromatic N) is 1. The fourth-order valence-electron chi connectivity index (χ4n) is 2.92. The van der Waals surface area contributed by atoms with Crippen LogP contribution in [0.15, 0.2) is 16.7 Å². The minimum absolute atomic E-state index is 0.0130. The molecule has 0 aromatic carbocycles. The second-order valence-corrected chi connectivity index (χ2v) is 6.02. The summed E-state index contributed by atoms with van der Waals surface area (Å²) in [7, 11) is 1.86. The van der Waals surface area contributed by atoms with E-state index in [4.69, 9.17) is 9.15 Å². The number of amides is 1. The first-order valence-corrected chi connectivity index (χ1v) is 7.40. The Kier molecular flexibility index (Phi) is 4.86. The third kappa shape index (κ3) is 3.23. The predicted molar refractivity (Wildman–Crippen MR) is 77.2 cm³/mol. The molecule has 1 aliphatic rings. The van der Waals surface area contributed by atoms with E-state index in [2.05, 4.69) is 13.8 Å². The topological polar surface area (TPSA) is 42.7 Å². The molecular weight excluding hydrogens is 254 g/mol. The SMILES string of the molecule is Cc1occc1CN(C)C(=O)[C@@H]1CCCO[C@@H]1C(C)C. The van der Waals surface area contributed by atoms with Crippen LogP contribution in [0.4, 0.5) is 0 Å². The van der Waals surface area contributed by atoms with Gasteiger partial charge in [-0.25, -0.2) is 0 Å². The molecule has 1 amide bonds. The van der Waals surface area contributed by atoms with Gasteiger partial charge in [0.15, 0.2) is 0 Å². The standard InChI is InChI=1S/C16H25NO3/c1-11(2)15-14(6-5-8-20-15)16(18)17(4)10-13-7-9-19-12(13)3/h7,9,11,14-15H,5-6,8,10H2,1-4H3/t14-,15-/m1/s1. The molecule has 1 aromatic rings. The molecule has 0 aliphatic carbocycles. The molecular formula is C16H25NO3. The molecule has 1 aromatic heterocycles. The number of ether oxygens (including phenoxy) is 1. The van der Waals surface area contributed by atoms with Crippen LogP contribution in [0.5, 0.6) is 0 Å². The van der Waals surface area contributed by atoms with Gasteiger partial charge in [-0.2, -0.15) is 0 Å². The lowest BCUT2D eigenvalue weighted by Crippen LogP contribution is -2.44. The zero-order valence-corrected chi connectivity index (χ0v) is 12.9. The lowest BCUT2D eigenvalue weighted by Gasteiger charge is -2.35. The van der Waals surface area contributed by atoms with Gasteiger partial charge in [-0.3, -0.25) is 4.79 Å². The molecule has 0 radical (unpaired) electrons. The Morgan fingerprint density at radius 2 is 2.25 bits per heavy atom. The van der Waals surface area contributed by atoms with Crippen LogP contribution < -0.4 is 0 Å². The van der Waals surface area contributed by atoms with Gasteiger partial charge in [0, 0.05) is 25.8 Å². The summed E-state index contributed by atoms with van der Waals surface area (Å²) in [5.74, 6) is 1.42. The van der Waals surface area contributed by atoms with Crippen molar-refractivity contribution < 1.29 is 13.9 Å². The van der Waals surface area contributed by atoms with Crippen LogP contribution in [0.25, 0.3) is 0 Å². The summed E-state index contributed by atoms with van der Waals surface area (Å²) in [4.78, 5) is 14.5. The minimum atomic E-state index is -0.0130. The van der Waals surface area contributed by atoms with Gasteiger partial charge in [-0.1, -0.05) is 13.8 Å². The molecule has 0 N–H and O–H groups in total. The van der Waals surface area contributed by atoms with Crippen LogP contribution in [0.1, 0.15) is 38.0 Å². The maximum Gasteiger partial charge on any atom is 0.228 e. The number of rotatable bonds is 4. The Bertz CT molecular complexity index is 452. The maximum absolute atomic E-state index is 12.7. The van der Waals surface area contributed by atoms with Crippen molar-refractivity contribution in [2.45, 2.75) is 46.3 Å². The molecule has 2 rings (SSSR count). The van der Waals surface area contributed by atoms with E-state index in [0.717, 1.165) is 30.8 Å². The van der Waals surface area contributed by atoms with Crippen LogP contribution in [0, 0.1) is 18.8 Å². The molecule has 4 nitrogen and oxygen atoms in total. The smallest absolute Gasteiger partial charge is 0.228 e. The van der Waals surface area contributed by atoms with Gasteiger partial charge in [0.05, 0.1) is 18.3 Å². The molecule has 0 unspecified atom stereocenters. The summed E-state index contributed by atoms with van der Waals surface area (Å²) < 4.78 is 11.1. The van der Waals surface area contributed by atoms with E-state index < -0.39 is 0 Å². The Morgan fingerprint density at radius 1 is 1.50 bits per heavy atom. The van der Waals surface area contributed by atoms with Gasteiger partial charge in [0.1, 0.15) is 5.76 Å². The zero-order valence-electron chi connectivity index (χ0n) is 12.9. The molecule has 2 heterocycles. The van der Waals surface area contributed by atoms with Gasteiger partial charge in [0.25, 0.3) is 0 Å². The largest absolute Gasteiger partial charge is 0.469 e. The number of hydrogen-bond acceptors (Lipinski definition) is 3. The average Bonchev–Trinajstić information content (AvgIpc) is 2.83. The second kappa shape index (κ2) is 6.44. The van der Waals surface area contributed by atoms with Gasteiger partial charge in [-0.05, 0) is 31.7 Å². The van der Waals surface area contributed by atoms with Crippen molar-refractivity contribution in [2.75, 3.05) is 13.7 Å². The van der Waals surface area contributed by atoms with Crippen molar-refractivity contribution in [3.8, 4) is 0 Å². The van der Waals surface area contributed by atoms with Gasteiger partial charge in [0.2, 0.25) is 5.91 Å². The molecule has 0 spiro atoms. The Hall–Kier alpha value is -1.29. The lowest BCUT2D eigenvalue weighted by atomic mass is 9.86. The average molecular weight is 279 g/mol. The van der Waals surface area contributed by atoms with Crippen LogP contribution in [0.3, 0.4) is 0 Å². The second-order valence-electron chi connectivity index (χ2n) is 6.02. The summed E-state index contributed by atoms with van der Waals surface area (Å²) in [6.07, 6.45) is 3.61. The fraction of sp³-hybridized carbons (Fsp3) is 0.688. The summed E-state index contributed by atoms with van der Waals surface area (Å²) in [6.45, 7) is 7.54. The monoisotopic (exact) mass is 279 g/mol. The molecule has 1 aliphatic heterocycles. The summed E-state index contributed by atoms with van der Waals surface area (Å²) in [6, 6.07) is 1.93. The third-order valence-corrected chi connectivity index (χ3v) is 4.09. The van der Waals surface area contributed by atoms with E-state index in [9.17, 15) is 4.79 Å². The van der Waals surface area contributed by atoms with Crippen molar-refractivity contribution in [2.24, 2.45) is 11.8 Å². The number of aryl methyl sites for hydroxylation is 1. The third-order valence-electron chi connectivity index (χ3n) is 4.09. The Morgan fingerprint density at radius 3 is 2.85 bits per heavy atom. The highest BCUT2D eigenvalue weighted by molar-refractivity contribution is 5.79. The molecule has 1 fully saturated rings. The summed E-state index contributed by atoms with van der Waals surface area (Å²) in [5, 5.41) is 0. The normalized spacial score (nSPS) is 23.1. The first kappa shape index (κ1) is 15.1. The van der Waals surface area contributed by atoms with Crippen LogP contribution in [-0.2, 0) is 16.1 Å². The van der Waals surface area contributed by atoms with Crippen molar-refractivity contribution in [1.29, 1.82) is 0 Å². The van der Waals surface area contributed by atoms with Crippen molar-refractivity contribution in [1.82, 2.24) is 4.90 Å². The van der Waals surface area contributed by atoms with Gasteiger partial charge in [-0.15, -0.1) is 0 Å². The molecule has 20 heavy (non-hydrogen) atoms.